The Morgan fingerprint density at radius 1 is 0.972 bits per heavy atom. The van der Waals surface area contributed by atoms with E-state index in [9.17, 15) is 9.18 Å². The summed E-state index contributed by atoms with van der Waals surface area (Å²) < 4.78 is 16.2. The predicted molar refractivity (Wildman–Crippen MR) is 141 cm³/mol. The van der Waals surface area contributed by atoms with Crippen molar-refractivity contribution in [2.45, 2.75) is 30.9 Å². The Morgan fingerprint density at radius 2 is 1.81 bits per heavy atom. The number of rotatable bonds is 8. The molecule has 0 aliphatic carbocycles. The van der Waals surface area contributed by atoms with Crippen molar-refractivity contribution in [3.63, 3.8) is 0 Å². The molecule has 0 unspecified atom stereocenters. The van der Waals surface area contributed by atoms with Crippen LogP contribution in [0.1, 0.15) is 32.6 Å². The minimum absolute atomic E-state index is 0.112. The summed E-state index contributed by atoms with van der Waals surface area (Å²) in [6.45, 7) is 3.06. The van der Waals surface area contributed by atoms with Crippen LogP contribution in [0.2, 0.25) is 0 Å². The van der Waals surface area contributed by atoms with Crippen LogP contribution in [-0.4, -0.2) is 20.4 Å². The number of nitrogens with one attached hydrogen (secondary N) is 1. The molecule has 7 heteroatoms. The van der Waals surface area contributed by atoms with Crippen LogP contribution in [0, 0.1) is 12.7 Å². The van der Waals surface area contributed by atoms with E-state index in [0.29, 0.717) is 30.0 Å². The van der Waals surface area contributed by atoms with E-state index < -0.39 is 0 Å². The van der Waals surface area contributed by atoms with Crippen molar-refractivity contribution in [2.24, 2.45) is 0 Å². The number of thioether (sulfide) groups is 1. The third-order valence-electron chi connectivity index (χ3n) is 5.88. The lowest BCUT2D eigenvalue weighted by atomic mass is 10.1. The Kier molecular flexibility index (Phi) is 7.09. The average Bonchev–Trinajstić information content (AvgIpc) is 3.24. The van der Waals surface area contributed by atoms with Gasteiger partial charge >= 0.3 is 0 Å². The molecule has 0 aliphatic heterocycles. The maximum absolute atomic E-state index is 14.1. The lowest BCUT2D eigenvalue weighted by Crippen LogP contribution is -2.22. The van der Waals surface area contributed by atoms with E-state index in [2.05, 4.69) is 16.4 Å². The first-order valence-corrected chi connectivity index (χ1v) is 12.7. The molecule has 0 aliphatic rings. The fraction of sp³-hybridized carbons (Fsp3) is 0.138. The molecule has 1 amide bonds. The van der Waals surface area contributed by atoms with E-state index in [1.807, 2.05) is 72.2 Å². The van der Waals surface area contributed by atoms with Crippen LogP contribution in [0.4, 0.5) is 4.39 Å². The van der Waals surface area contributed by atoms with Crippen LogP contribution in [0.5, 0.6) is 0 Å². The van der Waals surface area contributed by atoms with Crippen molar-refractivity contribution in [3.05, 3.63) is 125 Å². The highest BCUT2D eigenvalue weighted by Crippen LogP contribution is 2.27. The van der Waals surface area contributed by atoms with E-state index in [-0.39, 0.29) is 11.7 Å². The normalized spacial score (nSPS) is 11.1. The van der Waals surface area contributed by atoms with E-state index in [0.717, 1.165) is 27.4 Å². The molecule has 180 valence electrons. The van der Waals surface area contributed by atoms with Gasteiger partial charge in [-0.15, -0.1) is 0 Å². The van der Waals surface area contributed by atoms with Gasteiger partial charge in [-0.2, -0.15) is 0 Å². The van der Waals surface area contributed by atoms with Gasteiger partial charge in [0.25, 0.3) is 5.91 Å². The highest BCUT2D eigenvalue weighted by atomic mass is 32.2. The lowest BCUT2D eigenvalue weighted by Gasteiger charge is -2.10. The monoisotopic (exact) mass is 496 g/mol. The SMILES string of the molecule is Cc1cccc(CNC(=O)c2ccc(Cn3c(SCc4ccccc4F)nc4cccnc43)cc2)c1. The number of aromatic nitrogens is 3. The summed E-state index contributed by atoms with van der Waals surface area (Å²) >= 11 is 1.48. The number of imidazole rings is 1. The minimum atomic E-state index is -0.220. The van der Waals surface area contributed by atoms with Crippen LogP contribution < -0.4 is 5.32 Å². The average molecular weight is 497 g/mol. The zero-order valence-electron chi connectivity index (χ0n) is 19.8. The summed E-state index contributed by atoms with van der Waals surface area (Å²) in [5.41, 5.74) is 6.06. The Bertz CT molecular complexity index is 1510. The summed E-state index contributed by atoms with van der Waals surface area (Å²) in [5.74, 6) is 0.136. The first-order valence-electron chi connectivity index (χ1n) is 11.7. The molecule has 2 aromatic heterocycles. The molecule has 0 atom stereocenters. The van der Waals surface area contributed by atoms with Gasteiger partial charge in [-0.3, -0.25) is 9.36 Å². The summed E-state index contributed by atoms with van der Waals surface area (Å²) in [6, 6.07) is 26.2. The lowest BCUT2D eigenvalue weighted by molar-refractivity contribution is 0.0951. The Morgan fingerprint density at radius 3 is 2.61 bits per heavy atom. The third-order valence-corrected chi connectivity index (χ3v) is 6.90. The van der Waals surface area contributed by atoms with Gasteiger partial charge in [-0.05, 0) is 53.9 Å². The van der Waals surface area contributed by atoms with Crippen molar-refractivity contribution in [1.29, 1.82) is 0 Å². The fourth-order valence-electron chi connectivity index (χ4n) is 4.00. The topological polar surface area (TPSA) is 59.8 Å². The van der Waals surface area contributed by atoms with E-state index in [4.69, 9.17) is 4.98 Å². The van der Waals surface area contributed by atoms with E-state index in [1.165, 1.54) is 23.4 Å². The molecule has 0 saturated carbocycles. The number of fused-ring (bicyclic) bond motifs is 1. The van der Waals surface area contributed by atoms with Crippen LogP contribution in [0.15, 0.2) is 96.3 Å². The van der Waals surface area contributed by atoms with Gasteiger partial charge in [0.05, 0.1) is 6.54 Å². The molecule has 2 heterocycles. The van der Waals surface area contributed by atoms with Gasteiger partial charge in [-0.1, -0.05) is 71.9 Å². The van der Waals surface area contributed by atoms with Crippen molar-refractivity contribution in [1.82, 2.24) is 19.9 Å². The zero-order valence-corrected chi connectivity index (χ0v) is 20.6. The van der Waals surface area contributed by atoms with Gasteiger partial charge in [0.15, 0.2) is 10.8 Å². The van der Waals surface area contributed by atoms with Crippen molar-refractivity contribution >= 4 is 28.8 Å². The molecule has 36 heavy (non-hydrogen) atoms. The molecular formula is C29H25FN4OS. The van der Waals surface area contributed by atoms with Gasteiger partial charge in [0, 0.05) is 24.1 Å². The Hall–Kier alpha value is -3.97. The molecule has 0 spiro atoms. The number of halogens is 1. The highest BCUT2D eigenvalue weighted by molar-refractivity contribution is 7.98. The molecule has 3 aromatic carbocycles. The molecule has 5 rings (SSSR count). The number of hydrogen-bond donors (Lipinski definition) is 1. The van der Waals surface area contributed by atoms with Crippen LogP contribution in [0.25, 0.3) is 11.2 Å². The summed E-state index contributed by atoms with van der Waals surface area (Å²) in [4.78, 5) is 21.9. The number of carbonyl (C=O) groups is 1. The molecule has 5 aromatic rings. The van der Waals surface area contributed by atoms with Crippen LogP contribution in [-0.2, 0) is 18.8 Å². The minimum Gasteiger partial charge on any atom is -0.348 e. The molecule has 0 fully saturated rings. The molecule has 0 bridgehead atoms. The Balaban J connectivity index is 1.31. The van der Waals surface area contributed by atoms with Crippen LogP contribution >= 0.6 is 11.8 Å². The van der Waals surface area contributed by atoms with E-state index >= 15 is 0 Å². The van der Waals surface area contributed by atoms with Crippen molar-refractivity contribution in [2.75, 3.05) is 0 Å². The van der Waals surface area contributed by atoms with Crippen molar-refractivity contribution in [3.8, 4) is 0 Å². The molecular weight excluding hydrogens is 471 g/mol. The third kappa shape index (κ3) is 5.47. The molecule has 5 nitrogen and oxygen atoms in total. The number of carbonyl (C=O) groups excluding carboxylic acids is 1. The largest absolute Gasteiger partial charge is 0.348 e. The van der Waals surface area contributed by atoms with Crippen LogP contribution in [0.3, 0.4) is 0 Å². The number of nitrogens with zero attached hydrogens (tertiary/aromatic N) is 3. The number of pyridine rings is 1. The summed E-state index contributed by atoms with van der Waals surface area (Å²) in [6.07, 6.45) is 1.74. The number of hydrogen-bond acceptors (Lipinski definition) is 4. The highest BCUT2D eigenvalue weighted by Gasteiger charge is 2.14. The molecule has 1 N–H and O–H groups in total. The standard InChI is InChI=1S/C29H25FN4OS/c1-20-6-4-7-22(16-20)17-32-28(35)23-13-11-21(12-14-23)18-34-27-26(10-5-15-31-27)33-29(34)36-19-24-8-2-3-9-25(24)30/h2-16H,17-19H2,1H3,(H,32,35). The van der Waals surface area contributed by atoms with Gasteiger partial charge in [-0.25, -0.2) is 14.4 Å². The van der Waals surface area contributed by atoms with Gasteiger partial charge in [0.2, 0.25) is 0 Å². The summed E-state index contributed by atoms with van der Waals surface area (Å²) in [5, 5.41) is 3.75. The van der Waals surface area contributed by atoms with Gasteiger partial charge in [0.1, 0.15) is 11.3 Å². The maximum atomic E-state index is 14.1. The zero-order chi connectivity index (χ0) is 24.9. The first-order chi connectivity index (χ1) is 17.6. The number of aryl methyl sites for hydroxylation is 1. The van der Waals surface area contributed by atoms with Gasteiger partial charge < -0.3 is 5.32 Å². The fourth-order valence-corrected chi connectivity index (χ4v) is 4.99. The summed E-state index contributed by atoms with van der Waals surface area (Å²) in [7, 11) is 0. The molecule has 0 radical (unpaired) electrons. The molecule has 0 saturated heterocycles. The predicted octanol–water partition coefficient (Wildman–Crippen LogP) is 6.15. The number of amides is 1. The Labute approximate surface area is 213 Å². The van der Waals surface area contributed by atoms with E-state index in [1.54, 1.807) is 18.3 Å². The maximum Gasteiger partial charge on any atom is 0.251 e. The first kappa shape index (κ1) is 23.8. The smallest absolute Gasteiger partial charge is 0.251 e. The second-order valence-corrected chi connectivity index (χ2v) is 9.52. The number of benzene rings is 3. The van der Waals surface area contributed by atoms with Crippen molar-refractivity contribution < 1.29 is 9.18 Å². The second-order valence-electron chi connectivity index (χ2n) is 8.58. The second kappa shape index (κ2) is 10.7. The quantitative estimate of drug-likeness (QED) is 0.262.